The number of aliphatic imine (C=N–C) groups is 1. The summed E-state index contributed by atoms with van der Waals surface area (Å²) in [5.41, 5.74) is 1.08. The Morgan fingerprint density at radius 3 is 3.00 bits per heavy atom. The second-order valence-electron chi connectivity index (χ2n) is 5.28. The van der Waals surface area contributed by atoms with Crippen LogP contribution >= 0.6 is 15.9 Å². The Hall–Kier alpha value is -1.14. The van der Waals surface area contributed by atoms with Crippen molar-refractivity contribution < 1.29 is 9.13 Å². The summed E-state index contributed by atoms with van der Waals surface area (Å²) in [5.74, 6) is 0.572. The van der Waals surface area contributed by atoms with Crippen molar-refractivity contribution in [1.82, 2.24) is 10.6 Å². The number of halogens is 2. The average Bonchev–Trinajstić information content (AvgIpc) is 3.02. The number of benzene rings is 1. The van der Waals surface area contributed by atoms with Gasteiger partial charge in [0.1, 0.15) is 5.82 Å². The standard InChI is InChI=1S/C16H23BrFN3O/c1-2-19-16(21-11-13-4-3-9-22-13)20-8-7-12-5-6-15(18)14(17)10-12/h5-6,10,13H,2-4,7-9,11H2,1H3,(H2,19,20,21). The van der Waals surface area contributed by atoms with Crippen molar-refractivity contribution in [2.24, 2.45) is 4.99 Å². The third-order valence-electron chi connectivity index (χ3n) is 3.51. The average molecular weight is 372 g/mol. The Balaban J connectivity index is 1.80. The van der Waals surface area contributed by atoms with Crippen LogP contribution in [0.1, 0.15) is 25.3 Å². The van der Waals surface area contributed by atoms with Crippen LogP contribution in [0.2, 0.25) is 0 Å². The largest absolute Gasteiger partial charge is 0.376 e. The van der Waals surface area contributed by atoms with E-state index < -0.39 is 0 Å². The number of guanidine groups is 1. The van der Waals surface area contributed by atoms with E-state index in [9.17, 15) is 4.39 Å². The van der Waals surface area contributed by atoms with Gasteiger partial charge in [0.15, 0.2) is 5.96 Å². The monoisotopic (exact) mass is 371 g/mol. The van der Waals surface area contributed by atoms with Crippen molar-refractivity contribution in [2.75, 3.05) is 26.2 Å². The molecular formula is C16H23BrFN3O. The quantitative estimate of drug-likeness (QED) is 0.596. The van der Waals surface area contributed by atoms with E-state index in [0.29, 0.717) is 11.0 Å². The summed E-state index contributed by atoms with van der Waals surface area (Å²) in [6, 6.07) is 5.10. The van der Waals surface area contributed by atoms with Crippen LogP contribution in [-0.4, -0.2) is 38.3 Å². The first-order valence-corrected chi connectivity index (χ1v) is 8.56. The highest BCUT2D eigenvalue weighted by atomic mass is 79.9. The molecule has 2 rings (SSSR count). The van der Waals surface area contributed by atoms with Crippen molar-refractivity contribution in [3.63, 3.8) is 0 Å². The third kappa shape index (κ3) is 5.57. The van der Waals surface area contributed by atoms with E-state index in [-0.39, 0.29) is 11.9 Å². The molecule has 122 valence electrons. The van der Waals surface area contributed by atoms with Crippen LogP contribution in [0.5, 0.6) is 0 Å². The van der Waals surface area contributed by atoms with E-state index in [1.54, 1.807) is 6.07 Å². The van der Waals surface area contributed by atoms with Crippen LogP contribution in [-0.2, 0) is 11.2 Å². The summed E-state index contributed by atoms with van der Waals surface area (Å²) in [6.45, 7) is 5.15. The molecular weight excluding hydrogens is 349 g/mol. The van der Waals surface area contributed by atoms with Gasteiger partial charge >= 0.3 is 0 Å². The molecule has 0 bridgehead atoms. The first-order chi connectivity index (χ1) is 10.7. The van der Waals surface area contributed by atoms with Gasteiger partial charge in [-0.3, -0.25) is 4.99 Å². The number of nitrogens with zero attached hydrogens (tertiary/aromatic N) is 1. The summed E-state index contributed by atoms with van der Waals surface area (Å²) in [4.78, 5) is 4.56. The summed E-state index contributed by atoms with van der Waals surface area (Å²) in [7, 11) is 0. The molecule has 1 aliphatic heterocycles. The van der Waals surface area contributed by atoms with Crippen LogP contribution in [0.15, 0.2) is 27.7 Å². The summed E-state index contributed by atoms with van der Waals surface area (Å²) in [5, 5.41) is 6.53. The smallest absolute Gasteiger partial charge is 0.191 e. The SMILES string of the molecule is CCNC(=NCC1CCCO1)NCCc1ccc(F)c(Br)c1. The molecule has 4 nitrogen and oxygen atoms in total. The Morgan fingerprint density at radius 1 is 1.45 bits per heavy atom. The topological polar surface area (TPSA) is 45.7 Å². The van der Waals surface area contributed by atoms with Crippen molar-refractivity contribution in [1.29, 1.82) is 0 Å². The van der Waals surface area contributed by atoms with Crippen LogP contribution in [0.25, 0.3) is 0 Å². The van der Waals surface area contributed by atoms with E-state index >= 15 is 0 Å². The molecule has 1 aliphatic rings. The summed E-state index contributed by atoms with van der Waals surface area (Å²) in [6.07, 6.45) is 3.28. The number of nitrogens with one attached hydrogen (secondary N) is 2. The molecule has 0 saturated carbocycles. The molecule has 2 N–H and O–H groups in total. The van der Waals surface area contributed by atoms with Gasteiger partial charge in [-0.25, -0.2) is 4.39 Å². The normalized spacial score (nSPS) is 18.5. The lowest BCUT2D eigenvalue weighted by Crippen LogP contribution is -2.38. The number of hydrogen-bond donors (Lipinski definition) is 2. The molecule has 1 aromatic rings. The van der Waals surface area contributed by atoms with Crippen LogP contribution in [0.3, 0.4) is 0 Å². The first-order valence-electron chi connectivity index (χ1n) is 7.76. The third-order valence-corrected chi connectivity index (χ3v) is 4.12. The first kappa shape index (κ1) is 17.2. The predicted octanol–water partition coefficient (Wildman–Crippen LogP) is 2.86. The minimum Gasteiger partial charge on any atom is -0.376 e. The van der Waals surface area contributed by atoms with Crippen molar-refractivity contribution in [3.05, 3.63) is 34.1 Å². The predicted molar refractivity (Wildman–Crippen MR) is 90.8 cm³/mol. The van der Waals surface area contributed by atoms with Crippen molar-refractivity contribution in [2.45, 2.75) is 32.3 Å². The zero-order valence-corrected chi connectivity index (χ0v) is 14.5. The Morgan fingerprint density at radius 2 is 2.32 bits per heavy atom. The zero-order valence-electron chi connectivity index (χ0n) is 12.9. The molecule has 1 saturated heterocycles. The van der Waals surface area contributed by atoms with Crippen molar-refractivity contribution >= 4 is 21.9 Å². The van der Waals surface area contributed by atoms with Gasteiger partial charge in [-0.2, -0.15) is 0 Å². The lowest BCUT2D eigenvalue weighted by Gasteiger charge is -2.13. The number of ether oxygens (including phenoxy) is 1. The fraction of sp³-hybridized carbons (Fsp3) is 0.562. The van der Waals surface area contributed by atoms with Crippen LogP contribution in [0, 0.1) is 5.82 Å². The molecule has 22 heavy (non-hydrogen) atoms. The Bertz CT molecular complexity index is 504. The van der Waals surface area contributed by atoms with Gasteiger partial charge in [0.05, 0.1) is 17.1 Å². The minimum atomic E-state index is -0.233. The minimum absolute atomic E-state index is 0.233. The van der Waals surface area contributed by atoms with Gasteiger partial charge in [0.2, 0.25) is 0 Å². The highest BCUT2D eigenvalue weighted by Crippen LogP contribution is 2.17. The fourth-order valence-electron chi connectivity index (χ4n) is 2.34. The van der Waals surface area contributed by atoms with E-state index in [0.717, 1.165) is 50.5 Å². The molecule has 0 spiro atoms. The van der Waals surface area contributed by atoms with Gasteiger partial charge in [-0.1, -0.05) is 6.07 Å². The van der Waals surface area contributed by atoms with E-state index in [4.69, 9.17) is 4.74 Å². The maximum Gasteiger partial charge on any atom is 0.191 e. The van der Waals surface area contributed by atoms with Gasteiger partial charge in [-0.15, -0.1) is 0 Å². The molecule has 1 atom stereocenters. The summed E-state index contributed by atoms with van der Waals surface area (Å²) < 4.78 is 19.3. The Kier molecular flexibility index (Phi) is 7.12. The molecule has 0 aromatic heterocycles. The summed E-state index contributed by atoms with van der Waals surface area (Å²) >= 11 is 3.21. The van der Waals surface area contributed by atoms with Gasteiger partial charge < -0.3 is 15.4 Å². The maximum absolute atomic E-state index is 13.2. The van der Waals surface area contributed by atoms with E-state index in [1.807, 2.05) is 13.0 Å². The van der Waals surface area contributed by atoms with Gasteiger partial charge in [-0.05, 0) is 59.8 Å². The molecule has 0 aliphatic carbocycles. The second kappa shape index (κ2) is 9.10. The van der Waals surface area contributed by atoms with Gasteiger partial charge in [0, 0.05) is 19.7 Å². The van der Waals surface area contributed by atoms with Crippen molar-refractivity contribution in [3.8, 4) is 0 Å². The van der Waals surface area contributed by atoms with Crippen LogP contribution in [0.4, 0.5) is 4.39 Å². The number of hydrogen-bond acceptors (Lipinski definition) is 2. The molecule has 0 radical (unpaired) electrons. The molecule has 1 unspecified atom stereocenters. The second-order valence-corrected chi connectivity index (χ2v) is 6.13. The van der Waals surface area contributed by atoms with E-state index in [2.05, 4.69) is 31.6 Å². The van der Waals surface area contributed by atoms with Crippen LogP contribution < -0.4 is 10.6 Å². The molecule has 6 heteroatoms. The highest BCUT2D eigenvalue weighted by Gasteiger charge is 2.14. The molecule has 1 heterocycles. The number of rotatable bonds is 6. The lowest BCUT2D eigenvalue weighted by molar-refractivity contribution is 0.117. The van der Waals surface area contributed by atoms with Gasteiger partial charge in [0.25, 0.3) is 0 Å². The van der Waals surface area contributed by atoms with E-state index in [1.165, 1.54) is 6.07 Å². The lowest BCUT2D eigenvalue weighted by atomic mass is 10.1. The fourth-order valence-corrected chi connectivity index (χ4v) is 2.77. The maximum atomic E-state index is 13.2. The Labute approximate surface area is 139 Å². The highest BCUT2D eigenvalue weighted by molar-refractivity contribution is 9.10. The zero-order chi connectivity index (χ0) is 15.8. The molecule has 1 aromatic carbocycles. The molecule has 0 amide bonds. The molecule has 1 fully saturated rings.